The highest BCUT2D eigenvalue weighted by Gasteiger charge is 2.25. The second-order valence-electron chi connectivity index (χ2n) is 7.83. The third-order valence-corrected chi connectivity index (χ3v) is 6.90. The number of fused-ring (bicyclic) bond motifs is 1. The van der Waals surface area contributed by atoms with Crippen LogP contribution >= 0.6 is 22.9 Å². The van der Waals surface area contributed by atoms with Crippen LogP contribution in [0.5, 0.6) is 11.5 Å². The molecule has 1 aliphatic carbocycles. The summed E-state index contributed by atoms with van der Waals surface area (Å²) in [5.74, 6) is 0.903. The summed E-state index contributed by atoms with van der Waals surface area (Å²) in [6.07, 6.45) is 7.48. The SMILES string of the molecule is C=CCOc1c(Cl)cc(C=Nc2sc3c(c2C(=O)Nc2ccccc2)CCCC3)cc1OCC. The molecule has 3 aromatic rings. The Morgan fingerprint density at radius 1 is 1.21 bits per heavy atom. The van der Waals surface area contributed by atoms with E-state index >= 15 is 0 Å². The van der Waals surface area contributed by atoms with Crippen LogP contribution in [0.4, 0.5) is 10.7 Å². The number of anilines is 1. The molecule has 0 saturated carbocycles. The Morgan fingerprint density at radius 2 is 2.00 bits per heavy atom. The van der Waals surface area contributed by atoms with E-state index in [1.165, 1.54) is 4.88 Å². The van der Waals surface area contributed by atoms with E-state index in [0.717, 1.165) is 42.5 Å². The van der Waals surface area contributed by atoms with Crippen LogP contribution in [0.3, 0.4) is 0 Å². The van der Waals surface area contributed by atoms with Crippen LogP contribution in [0.25, 0.3) is 0 Å². The minimum absolute atomic E-state index is 0.126. The number of nitrogens with zero attached hydrogens (tertiary/aromatic N) is 1. The Labute approximate surface area is 209 Å². The van der Waals surface area contributed by atoms with Gasteiger partial charge in [0.25, 0.3) is 5.91 Å². The minimum atomic E-state index is -0.126. The van der Waals surface area contributed by atoms with Crippen LogP contribution in [0.2, 0.25) is 5.02 Å². The lowest BCUT2D eigenvalue weighted by Crippen LogP contribution is -2.14. The number of hydrogen-bond acceptors (Lipinski definition) is 5. The van der Waals surface area contributed by atoms with E-state index in [1.807, 2.05) is 43.3 Å². The predicted octanol–water partition coefficient (Wildman–Crippen LogP) is 7.25. The largest absolute Gasteiger partial charge is 0.490 e. The van der Waals surface area contributed by atoms with Crippen molar-refractivity contribution < 1.29 is 14.3 Å². The van der Waals surface area contributed by atoms with Crippen molar-refractivity contribution in [2.45, 2.75) is 32.6 Å². The van der Waals surface area contributed by atoms with Gasteiger partial charge in [0.2, 0.25) is 0 Å². The second-order valence-corrected chi connectivity index (χ2v) is 9.32. The molecule has 0 atom stereocenters. The summed E-state index contributed by atoms with van der Waals surface area (Å²) in [6, 6.07) is 13.1. The fraction of sp³-hybridized carbons (Fsp3) is 0.259. The molecule has 1 N–H and O–H groups in total. The van der Waals surface area contributed by atoms with E-state index in [9.17, 15) is 4.79 Å². The molecule has 2 aromatic carbocycles. The standard InChI is InChI=1S/C27H27ClN2O3S/c1-3-14-33-25-21(28)15-18(16-22(25)32-4-2)17-29-27-24(20-12-8-9-13-23(20)34-27)26(31)30-19-10-6-5-7-11-19/h3,5-7,10-11,15-17H,1,4,8-9,12-14H2,2H3,(H,30,31). The molecular weight excluding hydrogens is 468 g/mol. The van der Waals surface area contributed by atoms with Crippen LogP contribution in [0, 0.1) is 0 Å². The summed E-state index contributed by atoms with van der Waals surface area (Å²) in [7, 11) is 0. The Morgan fingerprint density at radius 3 is 2.76 bits per heavy atom. The molecule has 0 saturated heterocycles. The molecule has 5 nitrogen and oxygen atoms in total. The maximum atomic E-state index is 13.3. The first-order valence-corrected chi connectivity index (χ1v) is 12.5. The number of carbonyl (C=O) groups excluding carboxylic acids is 1. The topological polar surface area (TPSA) is 59.9 Å². The Kier molecular flexibility index (Phi) is 8.03. The maximum absolute atomic E-state index is 13.3. The van der Waals surface area contributed by atoms with E-state index in [4.69, 9.17) is 26.1 Å². The Bertz CT molecular complexity index is 1200. The molecule has 0 bridgehead atoms. The summed E-state index contributed by atoms with van der Waals surface area (Å²) in [5, 5.41) is 4.16. The fourth-order valence-corrected chi connectivity index (χ4v) is 5.44. The Hall–Kier alpha value is -3.09. The molecule has 0 spiro atoms. The number of aryl methyl sites for hydroxylation is 1. The molecule has 7 heteroatoms. The number of carbonyl (C=O) groups is 1. The van der Waals surface area contributed by atoms with Gasteiger partial charge in [0.05, 0.1) is 17.2 Å². The zero-order valence-electron chi connectivity index (χ0n) is 19.1. The van der Waals surface area contributed by atoms with E-state index in [-0.39, 0.29) is 5.91 Å². The van der Waals surface area contributed by atoms with Gasteiger partial charge >= 0.3 is 0 Å². The monoisotopic (exact) mass is 494 g/mol. The van der Waals surface area contributed by atoms with Gasteiger partial charge in [-0.15, -0.1) is 11.3 Å². The van der Waals surface area contributed by atoms with Crippen molar-refractivity contribution in [2.75, 3.05) is 18.5 Å². The van der Waals surface area contributed by atoms with Gasteiger partial charge in [-0.25, -0.2) is 4.99 Å². The smallest absolute Gasteiger partial charge is 0.259 e. The van der Waals surface area contributed by atoms with Crippen LogP contribution in [0.15, 0.2) is 60.1 Å². The summed E-state index contributed by atoms with van der Waals surface area (Å²) in [4.78, 5) is 19.3. The van der Waals surface area contributed by atoms with Crippen molar-refractivity contribution in [2.24, 2.45) is 4.99 Å². The lowest BCUT2D eigenvalue weighted by atomic mass is 9.95. The number of nitrogens with one attached hydrogen (secondary N) is 1. The van der Waals surface area contributed by atoms with Crippen molar-refractivity contribution in [3.8, 4) is 11.5 Å². The molecule has 1 aliphatic rings. The molecule has 1 aromatic heterocycles. The van der Waals surface area contributed by atoms with Crippen molar-refractivity contribution in [3.63, 3.8) is 0 Å². The average Bonchev–Trinajstić information content (AvgIpc) is 3.22. The maximum Gasteiger partial charge on any atom is 0.259 e. The number of aliphatic imine (C=N–C) groups is 1. The normalized spacial score (nSPS) is 12.9. The van der Waals surface area contributed by atoms with Crippen LogP contribution in [-0.2, 0) is 12.8 Å². The zero-order chi connectivity index (χ0) is 23.9. The molecule has 1 amide bonds. The van der Waals surface area contributed by atoms with Gasteiger partial charge in [-0.2, -0.15) is 0 Å². The highest BCUT2D eigenvalue weighted by Crippen LogP contribution is 2.41. The number of amides is 1. The lowest BCUT2D eigenvalue weighted by molar-refractivity contribution is 0.102. The summed E-state index contributed by atoms with van der Waals surface area (Å²) in [6.45, 7) is 6.38. The first kappa shape index (κ1) is 24.0. The number of rotatable bonds is 9. The first-order valence-electron chi connectivity index (χ1n) is 11.4. The zero-order valence-corrected chi connectivity index (χ0v) is 20.7. The van der Waals surface area contributed by atoms with Crippen molar-refractivity contribution in [1.82, 2.24) is 0 Å². The van der Waals surface area contributed by atoms with E-state index in [2.05, 4.69) is 11.9 Å². The van der Waals surface area contributed by atoms with E-state index in [0.29, 0.717) is 40.3 Å². The highest BCUT2D eigenvalue weighted by atomic mass is 35.5. The van der Waals surface area contributed by atoms with Gasteiger partial charge in [0, 0.05) is 16.8 Å². The van der Waals surface area contributed by atoms with Crippen molar-refractivity contribution in [3.05, 3.63) is 81.7 Å². The van der Waals surface area contributed by atoms with Gasteiger partial charge in [-0.3, -0.25) is 4.79 Å². The lowest BCUT2D eigenvalue weighted by Gasteiger charge is -2.13. The van der Waals surface area contributed by atoms with Gasteiger partial charge in [-0.1, -0.05) is 42.5 Å². The molecule has 0 aliphatic heterocycles. The molecule has 0 unspecified atom stereocenters. The molecule has 0 fully saturated rings. The molecule has 0 radical (unpaired) electrons. The molecule has 176 valence electrons. The van der Waals surface area contributed by atoms with Crippen LogP contribution < -0.4 is 14.8 Å². The predicted molar refractivity (Wildman–Crippen MR) is 141 cm³/mol. The van der Waals surface area contributed by atoms with Crippen molar-refractivity contribution >= 4 is 45.7 Å². The number of ether oxygens (including phenoxy) is 2. The number of benzene rings is 2. The second kappa shape index (κ2) is 11.4. The molecule has 34 heavy (non-hydrogen) atoms. The van der Waals surface area contributed by atoms with E-state index < -0.39 is 0 Å². The number of thiophene rings is 1. The van der Waals surface area contributed by atoms with Crippen molar-refractivity contribution in [1.29, 1.82) is 0 Å². The molecular formula is C27H27ClN2O3S. The first-order chi connectivity index (χ1) is 16.6. The summed E-state index contributed by atoms with van der Waals surface area (Å²) >= 11 is 8.07. The fourth-order valence-electron chi connectivity index (χ4n) is 3.93. The third kappa shape index (κ3) is 5.51. The number of para-hydroxylation sites is 1. The highest BCUT2D eigenvalue weighted by molar-refractivity contribution is 7.16. The number of hydrogen-bond donors (Lipinski definition) is 1. The Balaban J connectivity index is 1.67. The van der Waals surface area contributed by atoms with Crippen LogP contribution in [0.1, 0.15) is 46.1 Å². The van der Waals surface area contributed by atoms with E-state index in [1.54, 1.807) is 29.7 Å². The van der Waals surface area contributed by atoms with Crippen LogP contribution in [-0.4, -0.2) is 25.3 Å². The average molecular weight is 495 g/mol. The molecule has 4 rings (SSSR count). The number of halogens is 1. The summed E-state index contributed by atoms with van der Waals surface area (Å²) < 4.78 is 11.4. The van der Waals surface area contributed by atoms with Gasteiger partial charge in [0.1, 0.15) is 11.6 Å². The van der Waals surface area contributed by atoms with Gasteiger partial charge < -0.3 is 14.8 Å². The third-order valence-electron chi connectivity index (χ3n) is 5.42. The summed E-state index contributed by atoms with van der Waals surface area (Å²) in [5.41, 5.74) is 3.32. The minimum Gasteiger partial charge on any atom is -0.490 e. The quantitative estimate of drug-likeness (QED) is 0.252. The molecule has 1 heterocycles. The van der Waals surface area contributed by atoms with Gasteiger partial charge in [-0.05, 0) is 68.0 Å². The van der Waals surface area contributed by atoms with Gasteiger partial charge in [0.15, 0.2) is 11.5 Å².